The van der Waals surface area contributed by atoms with Crippen molar-refractivity contribution in [1.82, 2.24) is 0 Å². The Morgan fingerprint density at radius 1 is 1.45 bits per heavy atom. The molecule has 2 nitrogen and oxygen atoms in total. The van der Waals surface area contributed by atoms with Crippen molar-refractivity contribution in [2.75, 3.05) is 19.6 Å². The maximum Gasteiger partial charge on any atom is 0.177 e. The van der Waals surface area contributed by atoms with Gasteiger partial charge in [0.15, 0.2) is 5.60 Å². The molecule has 0 aliphatic carbocycles. The van der Waals surface area contributed by atoms with Crippen molar-refractivity contribution in [2.45, 2.75) is 18.4 Å². The molecule has 1 atom stereocenters. The number of quaternary nitrogens is 1. The molecular weight excluding hydrogens is 138 g/mol. The van der Waals surface area contributed by atoms with Gasteiger partial charge < -0.3 is 10.0 Å². The molecule has 0 unspecified atom stereocenters. The van der Waals surface area contributed by atoms with Crippen molar-refractivity contribution in [3.63, 3.8) is 0 Å². The highest BCUT2D eigenvalue weighted by molar-refractivity contribution is 5.12. The molecule has 0 aromatic heterocycles. The molecular formula is C9H14NO+. The first-order valence-electron chi connectivity index (χ1n) is 4.28. The van der Waals surface area contributed by atoms with Crippen LogP contribution in [-0.4, -0.2) is 30.3 Å². The van der Waals surface area contributed by atoms with E-state index < -0.39 is 5.60 Å². The number of aliphatic hydroxyl groups is 1. The largest absolute Gasteiger partial charge is 0.372 e. The molecule has 0 amide bonds. The lowest BCUT2D eigenvalue weighted by Gasteiger charge is -2.44. The minimum Gasteiger partial charge on any atom is -0.372 e. The van der Waals surface area contributed by atoms with Crippen LogP contribution in [0.1, 0.15) is 12.8 Å². The Labute approximate surface area is 67.2 Å². The highest BCUT2D eigenvalue weighted by atomic mass is 16.3. The van der Waals surface area contributed by atoms with Gasteiger partial charge in [-0.05, 0) is 0 Å². The van der Waals surface area contributed by atoms with E-state index in [0.29, 0.717) is 5.92 Å². The molecule has 60 valence electrons. The van der Waals surface area contributed by atoms with Gasteiger partial charge >= 0.3 is 0 Å². The Balaban J connectivity index is 2.21. The molecule has 2 N–H and O–H groups in total. The number of terminal acetylenes is 1. The van der Waals surface area contributed by atoms with Crippen LogP contribution in [0, 0.1) is 18.3 Å². The minimum atomic E-state index is -0.772. The number of piperidine rings is 3. The molecule has 3 fully saturated rings. The van der Waals surface area contributed by atoms with Crippen molar-refractivity contribution < 1.29 is 10.0 Å². The van der Waals surface area contributed by atoms with Crippen molar-refractivity contribution in [1.29, 1.82) is 0 Å². The smallest absolute Gasteiger partial charge is 0.177 e. The summed E-state index contributed by atoms with van der Waals surface area (Å²) in [6.07, 6.45) is 7.53. The summed E-state index contributed by atoms with van der Waals surface area (Å²) >= 11 is 0. The molecule has 0 spiro atoms. The third-order valence-corrected chi connectivity index (χ3v) is 3.14. The Morgan fingerprint density at radius 3 is 2.36 bits per heavy atom. The molecule has 11 heavy (non-hydrogen) atoms. The lowest BCUT2D eigenvalue weighted by molar-refractivity contribution is -0.923. The maximum absolute atomic E-state index is 9.91. The van der Waals surface area contributed by atoms with E-state index in [1.165, 1.54) is 18.0 Å². The van der Waals surface area contributed by atoms with Crippen molar-refractivity contribution in [2.24, 2.45) is 5.92 Å². The fourth-order valence-electron chi connectivity index (χ4n) is 2.37. The standard InChI is InChI=1S/C9H13NO/c1-2-9(11)7-10-5-3-8(9)4-6-10/h1,8,11H,3-7H2/p+1/t9-/m0/s1. The van der Waals surface area contributed by atoms with Crippen LogP contribution in [0.3, 0.4) is 0 Å². The molecule has 3 rings (SSSR count). The topological polar surface area (TPSA) is 24.7 Å². The summed E-state index contributed by atoms with van der Waals surface area (Å²) in [6.45, 7) is 3.18. The molecule has 2 heteroatoms. The summed E-state index contributed by atoms with van der Waals surface area (Å²) in [7, 11) is 0. The van der Waals surface area contributed by atoms with Crippen LogP contribution < -0.4 is 4.90 Å². The van der Waals surface area contributed by atoms with E-state index in [1.807, 2.05) is 0 Å². The average Bonchev–Trinajstić information content (AvgIpc) is 2.06. The zero-order chi connectivity index (χ0) is 7.90. The van der Waals surface area contributed by atoms with E-state index in [1.54, 1.807) is 0 Å². The normalized spacial score (nSPS) is 48.7. The zero-order valence-corrected chi connectivity index (χ0v) is 6.64. The lowest BCUT2D eigenvalue weighted by Crippen LogP contribution is -3.17. The molecule has 0 saturated carbocycles. The van der Waals surface area contributed by atoms with Gasteiger partial charge in [-0.15, -0.1) is 6.42 Å². The number of hydrogen-bond acceptors (Lipinski definition) is 1. The van der Waals surface area contributed by atoms with Gasteiger partial charge in [-0.2, -0.15) is 0 Å². The van der Waals surface area contributed by atoms with Crippen LogP contribution in [0.5, 0.6) is 0 Å². The summed E-state index contributed by atoms with van der Waals surface area (Å²) in [5, 5.41) is 9.91. The van der Waals surface area contributed by atoms with E-state index in [2.05, 4.69) is 5.92 Å². The molecule has 3 aliphatic heterocycles. The van der Waals surface area contributed by atoms with Crippen molar-refractivity contribution in [3.8, 4) is 12.3 Å². The maximum atomic E-state index is 9.91. The summed E-state index contributed by atoms with van der Waals surface area (Å²) < 4.78 is 0. The first kappa shape index (κ1) is 7.15. The highest BCUT2D eigenvalue weighted by Crippen LogP contribution is 2.26. The van der Waals surface area contributed by atoms with E-state index in [-0.39, 0.29) is 0 Å². The fourth-order valence-corrected chi connectivity index (χ4v) is 2.37. The van der Waals surface area contributed by atoms with E-state index in [4.69, 9.17) is 6.42 Å². The summed E-state index contributed by atoms with van der Waals surface area (Å²) in [5.74, 6) is 2.93. The number of fused-ring (bicyclic) bond motifs is 3. The van der Waals surface area contributed by atoms with Crippen molar-refractivity contribution >= 4 is 0 Å². The highest BCUT2D eigenvalue weighted by Gasteiger charge is 2.47. The molecule has 3 heterocycles. The zero-order valence-electron chi connectivity index (χ0n) is 6.64. The van der Waals surface area contributed by atoms with Crippen LogP contribution >= 0.6 is 0 Å². The van der Waals surface area contributed by atoms with Crippen LogP contribution in [0.4, 0.5) is 0 Å². The third-order valence-electron chi connectivity index (χ3n) is 3.14. The molecule has 0 radical (unpaired) electrons. The molecule has 3 aliphatic rings. The molecule has 3 saturated heterocycles. The monoisotopic (exact) mass is 152 g/mol. The first-order valence-corrected chi connectivity index (χ1v) is 4.28. The van der Waals surface area contributed by atoms with Gasteiger partial charge in [0.1, 0.15) is 6.54 Å². The van der Waals surface area contributed by atoms with Crippen LogP contribution in [0.25, 0.3) is 0 Å². The van der Waals surface area contributed by atoms with Gasteiger partial charge in [0.05, 0.1) is 13.1 Å². The number of hydrogen-bond donors (Lipinski definition) is 2. The second kappa shape index (κ2) is 2.23. The second-order valence-electron chi connectivity index (χ2n) is 3.77. The van der Waals surface area contributed by atoms with E-state index in [9.17, 15) is 5.11 Å². The minimum absolute atomic E-state index is 0.380. The second-order valence-corrected chi connectivity index (χ2v) is 3.77. The Bertz CT molecular complexity index is 200. The van der Waals surface area contributed by atoms with E-state index >= 15 is 0 Å². The van der Waals surface area contributed by atoms with Crippen LogP contribution in [0.15, 0.2) is 0 Å². The van der Waals surface area contributed by atoms with Gasteiger partial charge in [-0.1, -0.05) is 5.92 Å². The van der Waals surface area contributed by atoms with Gasteiger partial charge in [-0.3, -0.25) is 0 Å². The summed E-state index contributed by atoms with van der Waals surface area (Å²) in [4.78, 5) is 1.48. The number of nitrogens with one attached hydrogen (secondary N) is 1. The molecule has 2 bridgehead atoms. The van der Waals surface area contributed by atoms with Gasteiger partial charge in [0.25, 0.3) is 0 Å². The first-order chi connectivity index (χ1) is 5.24. The van der Waals surface area contributed by atoms with Crippen LogP contribution in [-0.2, 0) is 0 Å². The Kier molecular flexibility index (Phi) is 1.45. The average molecular weight is 152 g/mol. The predicted octanol–water partition coefficient (Wildman–Crippen LogP) is -1.34. The Morgan fingerprint density at radius 2 is 2.09 bits per heavy atom. The van der Waals surface area contributed by atoms with Gasteiger partial charge in [-0.25, -0.2) is 0 Å². The Hall–Kier alpha value is -0.520. The van der Waals surface area contributed by atoms with Crippen molar-refractivity contribution in [3.05, 3.63) is 0 Å². The van der Waals surface area contributed by atoms with E-state index in [0.717, 1.165) is 19.4 Å². The summed E-state index contributed by atoms with van der Waals surface area (Å²) in [6, 6.07) is 0. The molecule has 0 aromatic rings. The van der Waals surface area contributed by atoms with Gasteiger partial charge in [0, 0.05) is 18.8 Å². The quantitative estimate of drug-likeness (QED) is 0.413. The lowest BCUT2D eigenvalue weighted by atomic mass is 9.76. The predicted molar refractivity (Wildman–Crippen MR) is 42.1 cm³/mol. The van der Waals surface area contributed by atoms with Gasteiger partial charge in [0.2, 0.25) is 0 Å². The molecule has 0 aromatic carbocycles. The third kappa shape index (κ3) is 0.962. The summed E-state index contributed by atoms with van der Waals surface area (Å²) in [5.41, 5.74) is -0.772. The number of rotatable bonds is 0. The fraction of sp³-hybridized carbons (Fsp3) is 0.778. The SMILES string of the molecule is C#C[C@]1(O)C[NH+]2CCC1CC2. The van der Waals surface area contributed by atoms with Crippen LogP contribution in [0.2, 0.25) is 0 Å².